The fourth-order valence-electron chi connectivity index (χ4n) is 3.89. The molecule has 3 aromatic rings. The van der Waals surface area contributed by atoms with Crippen LogP contribution in [0.4, 0.5) is 4.39 Å². The van der Waals surface area contributed by atoms with Gasteiger partial charge in [-0.05, 0) is 44.0 Å². The summed E-state index contributed by atoms with van der Waals surface area (Å²) in [6, 6.07) is 13.5. The van der Waals surface area contributed by atoms with E-state index in [9.17, 15) is 14.0 Å². The van der Waals surface area contributed by atoms with Gasteiger partial charge in [-0.2, -0.15) is 0 Å². The van der Waals surface area contributed by atoms with Gasteiger partial charge in [-0.1, -0.05) is 42.3 Å². The largest absolute Gasteiger partial charge is 0.481 e. The lowest BCUT2D eigenvalue weighted by molar-refractivity contribution is -0.0567. The van der Waals surface area contributed by atoms with Gasteiger partial charge < -0.3 is 14.8 Å². The molecule has 0 fully saturated rings. The van der Waals surface area contributed by atoms with E-state index < -0.39 is 22.9 Å². The van der Waals surface area contributed by atoms with E-state index in [1.54, 1.807) is 26.8 Å². The van der Waals surface area contributed by atoms with Crippen LogP contribution in [-0.4, -0.2) is 22.1 Å². The molecule has 0 radical (unpaired) electrons. The molecule has 0 unspecified atom stereocenters. The first-order chi connectivity index (χ1) is 16.8. The number of benzene rings is 2. The Balaban J connectivity index is 1.69. The average Bonchev–Trinajstić information content (AvgIpc) is 2.83. The minimum atomic E-state index is -0.856. The first kappa shape index (κ1) is 24.2. The summed E-state index contributed by atoms with van der Waals surface area (Å²) in [6.45, 7) is 6.07. The smallest absolute Gasteiger partial charge is 0.296 e. The molecule has 1 aliphatic heterocycles. The van der Waals surface area contributed by atoms with Gasteiger partial charge in [0.1, 0.15) is 23.8 Å². The number of rotatable bonds is 6. The highest BCUT2D eigenvalue weighted by Gasteiger charge is 2.35. The van der Waals surface area contributed by atoms with E-state index in [-0.39, 0.29) is 24.6 Å². The van der Waals surface area contributed by atoms with Crippen molar-refractivity contribution in [2.45, 2.75) is 46.1 Å². The fraction of sp³-hybridized carbons (Fsp3) is 0.296. The summed E-state index contributed by atoms with van der Waals surface area (Å²) in [6.07, 6.45) is 0. The molecule has 0 aliphatic carbocycles. The summed E-state index contributed by atoms with van der Waals surface area (Å²) in [4.78, 5) is 31.2. The van der Waals surface area contributed by atoms with Crippen molar-refractivity contribution in [3.63, 3.8) is 0 Å². The standard InChI is InChI=1S/C27H26FN3O4/c1-4-8-19-15-21(28)12-11-20(19)16-29-24(32)22-23(34-17-18-9-6-5-7-10-18)25(33)31-13-14-35-27(2,3)26(31)30-22/h5-7,9-12,15H,13-14,16-17H2,1-3H3,(H,29,32). The molecule has 0 spiro atoms. The molecular formula is C27H26FN3O4. The highest BCUT2D eigenvalue weighted by Crippen LogP contribution is 2.28. The van der Waals surface area contributed by atoms with Gasteiger partial charge in [0.2, 0.25) is 5.75 Å². The van der Waals surface area contributed by atoms with Crippen LogP contribution in [0.5, 0.6) is 5.75 Å². The number of aromatic nitrogens is 2. The van der Waals surface area contributed by atoms with Crippen molar-refractivity contribution in [2.24, 2.45) is 0 Å². The van der Waals surface area contributed by atoms with Crippen LogP contribution in [-0.2, 0) is 30.0 Å². The second-order valence-corrected chi connectivity index (χ2v) is 8.56. The maximum Gasteiger partial charge on any atom is 0.296 e. The molecule has 1 N–H and O–H groups in total. The zero-order valence-electron chi connectivity index (χ0n) is 19.9. The van der Waals surface area contributed by atoms with Crippen LogP contribution >= 0.6 is 0 Å². The van der Waals surface area contributed by atoms with E-state index in [2.05, 4.69) is 22.1 Å². The van der Waals surface area contributed by atoms with Crippen molar-refractivity contribution in [3.05, 3.63) is 92.9 Å². The van der Waals surface area contributed by atoms with Gasteiger partial charge in [0.25, 0.3) is 11.5 Å². The highest BCUT2D eigenvalue weighted by molar-refractivity contribution is 5.94. The van der Waals surface area contributed by atoms with E-state index in [1.807, 2.05) is 30.3 Å². The van der Waals surface area contributed by atoms with Gasteiger partial charge >= 0.3 is 0 Å². The lowest BCUT2D eigenvalue weighted by atomic mass is 10.1. The van der Waals surface area contributed by atoms with Gasteiger partial charge in [-0.15, -0.1) is 5.92 Å². The zero-order valence-corrected chi connectivity index (χ0v) is 19.9. The van der Waals surface area contributed by atoms with Gasteiger partial charge in [0.15, 0.2) is 5.69 Å². The highest BCUT2D eigenvalue weighted by atomic mass is 19.1. The molecule has 1 aromatic heterocycles. The molecule has 1 amide bonds. The fourth-order valence-corrected chi connectivity index (χ4v) is 3.89. The average molecular weight is 476 g/mol. The third-order valence-electron chi connectivity index (χ3n) is 5.66. The lowest BCUT2D eigenvalue weighted by Crippen LogP contribution is -2.43. The third-order valence-corrected chi connectivity index (χ3v) is 5.66. The molecule has 0 saturated carbocycles. The van der Waals surface area contributed by atoms with Crippen LogP contribution in [0.3, 0.4) is 0 Å². The molecular weight excluding hydrogens is 449 g/mol. The van der Waals surface area contributed by atoms with Crippen LogP contribution < -0.4 is 15.6 Å². The summed E-state index contributed by atoms with van der Waals surface area (Å²) < 4.78 is 26.8. The van der Waals surface area contributed by atoms with E-state index in [0.29, 0.717) is 30.1 Å². The van der Waals surface area contributed by atoms with Gasteiger partial charge in [0, 0.05) is 12.1 Å². The van der Waals surface area contributed by atoms with E-state index >= 15 is 0 Å². The Morgan fingerprint density at radius 2 is 2.03 bits per heavy atom. The monoisotopic (exact) mass is 475 g/mol. The molecule has 180 valence electrons. The van der Waals surface area contributed by atoms with Crippen LogP contribution in [0.2, 0.25) is 0 Å². The number of ether oxygens (including phenoxy) is 2. The molecule has 0 bridgehead atoms. The minimum Gasteiger partial charge on any atom is -0.481 e. The number of carbonyl (C=O) groups is 1. The molecule has 2 aromatic carbocycles. The zero-order chi connectivity index (χ0) is 25.0. The first-order valence-electron chi connectivity index (χ1n) is 11.3. The van der Waals surface area contributed by atoms with Crippen LogP contribution in [0.15, 0.2) is 53.3 Å². The summed E-state index contributed by atoms with van der Waals surface area (Å²) in [5, 5.41) is 2.77. The molecule has 0 saturated heterocycles. The Morgan fingerprint density at radius 1 is 1.26 bits per heavy atom. The third kappa shape index (κ3) is 5.26. The van der Waals surface area contributed by atoms with Crippen molar-refractivity contribution in [2.75, 3.05) is 6.61 Å². The van der Waals surface area contributed by atoms with Crippen molar-refractivity contribution in [1.82, 2.24) is 14.9 Å². The maximum atomic E-state index is 13.7. The minimum absolute atomic E-state index is 0.0707. The maximum absolute atomic E-state index is 13.7. The van der Waals surface area contributed by atoms with Crippen LogP contribution in [0, 0.1) is 17.7 Å². The molecule has 4 rings (SSSR count). The van der Waals surface area contributed by atoms with Crippen molar-refractivity contribution in [1.29, 1.82) is 0 Å². The number of hydrogen-bond acceptors (Lipinski definition) is 5. The van der Waals surface area contributed by atoms with E-state index in [0.717, 1.165) is 5.56 Å². The Bertz CT molecular complexity index is 1370. The number of hydrogen-bond donors (Lipinski definition) is 1. The van der Waals surface area contributed by atoms with Crippen LogP contribution in [0.25, 0.3) is 0 Å². The van der Waals surface area contributed by atoms with E-state index in [1.165, 1.54) is 16.7 Å². The second kappa shape index (κ2) is 10.1. The summed E-state index contributed by atoms with van der Waals surface area (Å²) in [7, 11) is 0. The Hall–Kier alpha value is -3.96. The topological polar surface area (TPSA) is 82.5 Å². The lowest BCUT2D eigenvalue weighted by Gasteiger charge is -2.32. The number of fused-ring (bicyclic) bond motifs is 1. The Labute approximate surface area is 202 Å². The summed E-state index contributed by atoms with van der Waals surface area (Å²) >= 11 is 0. The van der Waals surface area contributed by atoms with Crippen LogP contribution in [0.1, 0.15) is 53.8 Å². The van der Waals surface area contributed by atoms with Crippen molar-refractivity contribution < 1.29 is 18.7 Å². The predicted molar refractivity (Wildman–Crippen MR) is 128 cm³/mol. The van der Waals surface area contributed by atoms with Crippen molar-refractivity contribution >= 4 is 5.91 Å². The summed E-state index contributed by atoms with van der Waals surface area (Å²) in [5.74, 6) is 4.81. The molecule has 35 heavy (non-hydrogen) atoms. The van der Waals surface area contributed by atoms with Gasteiger partial charge in [-0.3, -0.25) is 14.2 Å². The summed E-state index contributed by atoms with van der Waals surface area (Å²) in [5.41, 5.74) is 0.540. The molecule has 8 heteroatoms. The SMILES string of the molecule is CC#Cc1cc(F)ccc1CNC(=O)c1nc2n(c(=O)c1OCc1ccccc1)CCOC2(C)C. The number of amides is 1. The normalized spacial score (nSPS) is 13.8. The quantitative estimate of drug-likeness (QED) is 0.552. The second-order valence-electron chi connectivity index (χ2n) is 8.56. The molecule has 2 heterocycles. The van der Waals surface area contributed by atoms with E-state index in [4.69, 9.17) is 9.47 Å². The molecule has 0 atom stereocenters. The molecule has 1 aliphatic rings. The number of nitrogens with one attached hydrogen (secondary N) is 1. The van der Waals surface area contributed by atoms with Gasteiger partial charge in [0.05, 0.1) is 13.2 Å². The number of nitrogens with zero attached hydrogens (tertiary/aromatic N) is 2. The Morgan fingerprint density at radius 3 is 2.77 bits per heavy atom. The van der Waals surface area contributed by atoms with Gasteiger partial charge in [-0.25, -0.2) is 9.37 Å². The number of halogens is 1. The number of carbonyl (C=O) groups excluding carboxylic acids is 1. The first-order valence-corrected chi connectivity index (χ1v) is 11.3. The molecule has 7 nitrogen and oxygen atoms in total. The van der Waals surface area contributed by atoms with Crippen molar-refractivity contribution in [3.8, 4) is 17.6 Å². The Kier molecular flexibility index (Phi) is 6.99. The predicted octanol–water partition coefficient (Wildman–Crippen LogP) is 3.53.